The first-order valence-corrected chi connectivity index (χ1v) is 7.45. The summed E-state index contributed by atoms with van der Waals surface area (Å²) >= 11 is 0. The van der Waals surface area contributed by atoms with Gasteiger partial charge in [0, 0.05) is 6.54 Å². The van der Waals surface area contributed by atoms with Crippen molar-refractivity contribution in [2.75, 3.05) is 6.54 Å². The molecule has 0 heterocycles. The van der Waals surface area contributed by atoms with E-state index in [9.17, 15) is 8.42 Å². The lowest BCUT2D eigenvalue weighted by Crippen LogP contribution is -2.38. The van der Waals surface area contributed by atoms with Gasteiger partial charge in [0.2, 0.25) is 10.0 Å². The molecule has 4 heteroatoms. The van der Waals surface area contributed by atoms with Crippen molar-refractivity contribution in [3.8, 4) is 0 Å². The Labute approximate surface area is 93.7 Å². The molecule has 0 atom stereocenters. The van der Waals surface area contributed by atoms with Crippen LogP contribution in [0.5, 0.6) is 0 Å². The zero-order valence-electron chi connectivity index (χ0n) is 10.0. The number of hydrogen-bond donors (Lipinski definition) is 1. The minimum Gasteiger partial charge on any atom is -0.214 e. The van der Waals surface area contributed by atoms with E-state index in [-0.39, 0.29) is 10.7 Å². The summed E-state index contributed by atoms with van der Waals surface area (Å²) in [5.41, 5.74) is 0.238. The Morgan fingerprint density at radius 2 is 1.80 bits per heavy atom. The molecule has 1 N–H and O–H groups in total. The molecule has 1 aliphatic carbocycles. The molecule has 0 aromatic rings. The molecule has 15 heavy (non-hydrogen) atoms. The Hall–Kier alpha value is -0.0900. The van der Waals surface area contributed by atoms with Gasteiger partial charge in [-0.25, -0.2) is 13.1 Å². The number of rotatable bonds is 5. The standard InChI is InChI=1S/C11H23NO2S/c1-4-11(7-5-6-8-11)9-12-15(13,14)10(2)3/h10,12H,4-9H2,1-3H3. The predicted molar refractivity (Wildman–Crippen MR) is 63.3 cm³/mol. The zero-order valence-corrected chi connectivity index (χ0v) is 10.9. The van der Waals surface area contributed by atoms with Gasteiger partial charge < -0.3 is 0 Å². The Kier molecular flexibility index (Phi) is 4.18. The highest BCUT2D eigenvalue weighted by Crippen LogP contribution is 2.40. The molecule has 90 valence electrons. The molecule has 0 spiro atoms. The maximum atomic E-state index is 11.6. The summed E-state index contributed by atoms with van der Waals surface area (Å²) in [6.07, 6.45) is 5.91. The normalized spacial score (nSPS) is 21.1. The monoisotopic (exact) mass is 233 g/mol. The third-order valence-electron chi connectivity index (χ3n) is 3.68. The molecule has 0 amide bonds. The van der Waals surface area contributed by atoms with Crippen molar-refractivity contribution in [2.24, 2.45) is 5.41 Å². The van der Waals surface area contributed by atoms with E-state index in [0.717, 1.165) is 6.42 Å². The average Bonchev–Trinajstić information content (AvgIpc) is 2.64. The lowest BCUT2D eigenvalue weighted by molar-refractivity contribution is 0.285. The Balaban J connectivity index is 2.55. The molecule has 1 rings (SSSR count). The topological polar surface area (TPSA) is 46.2 Å². The van der Waals surface area contributed by atoms with Gasteiger partial charge >= 0.3 is 0 Å². The van der Waals surface area contributed by atoms with Gasteiger partial charge in [0.05, 0.1) is 5.25 Å². The Morgan fingerprint density at radius 1 is 1.27 bits per heavy atom. The van der Waals surface area contributed by atoms with E-state index in [1.807, 2.05) is 0 Å². The highest BCUT2D eigenvalue weighted by atomic mass is 32.2. The first-order valence-electron chi connectivity index (χ1n) is 5.90. The van der Waals surface area contributed by atoms with E-state index < -0.39 is 10.0 Å². The number of nitrogens with one attached hydrogen (secondary N) is 1. The van der Waals surface area contributed by atoms with E-state index in [1.54, 1.807) is 13.8 Å². The maximum absolute atomic E-state index is 11.6. The third kappa shape index (κ3) is 3.18. The number of sulfonamides is 1. The van der Waals surface area contributed by atoms with Crippen LogP contribution >= 0.6 is 0 Å². The summed E-state index contributed by atoms with van der Waals surface area (Å²) in [4.78, 5) is 0. The maximum Gasteiger partial charge on any atom is 0.213 e. The molecule has 1 saturated carbocycles. The molecule has 1 aliphatic rings. The second kappa shape index (κ2) is 4.83. The van der Waals surface area contributed by atoms with Gasteiger partial charge in [0.25, 0.3) is 0 Å². The fraction of sp³-hybridized carbons (Fsp3) is 1.00. The third-order valence-corrected chi connectivity index (χ3v) is 5.47. The van der Waals surface area contributed by atoms with Crippen LogP contribution in [0.25, 0.3) is 0 Å². The Morgan fingerprint density at radius 3 is 2.20 bits per heavy atom. The predicted octanol–water partition coefficient (Wildman–Crippen LogP) is 2.28. The van der Waals surface area contributed by atoms with Crippen LogP contribution in [0, 0.1) is 5.41 Å². The molecule has 0 saturated heterocycles. The second-order valence-corrected chi connectivity index (χ2v) is 7.30. The highest BCUT2D eigenvalue weighted by molar-refractivity contribution is 7.90. The van der Waals surface area contributed by atoms with Crippen LogP contribution in [0.4, 0.5) is 0 Å². The van der Waals surface area contributed by atoms with Crippen LogP contribution in [0.1, 0.15) is 52.9 Å². The molecule has 0 aromatic carbocycles. The van der Waals surface area contributed by atoms with E-state index in [2.05, 4.69) is 11.6 Å². The summed E-state index contributed by atoms with van der Waals surface area (Å²) < 4.78 is 26.0. The first-order chi connectivity index (χ1) is 6.92. The molecule has 0 bridgehead atoms. The smallest absolute Gasteiger partial charge is 0.213 e. The first kappa shape index (κ1) is 13.0. The summed E-state index contributed by atoms with van der Waals surface area (Å²) in [6.45, 7) is 6.23. The minimum absolute atomic E-state index is 0.238. The summed E-state index contributed by atoms with van der Waals surface area (Å²) in [7, 11) is -3.08. The van der Waals surface area contributed by atoms with Crippen molar-refractivity contribution < 1.29 is 8.42 Å². The SMILES string of the molecule is CCC1(CNS(=O)(=O)C(C)C)CCCC1. The average molecular weight is 233 g/mol. The molecule has 0 aromatic heterocycles. The van der Waals surface area contributed by atoms with E-state index in [0.29, 0.717) is 6.54 Å². The van der Waals surface area contributed by atoms with E-state index in [1.165, 1.54) is 25.7 Å². The second-order valence-electron chi connectivity index (χ2n) is 4.98. The van der Waals surface area contributed by atoms with Crippen molar-refractivity contribution in [1.82, 2.24) is 4.72 Å². The quantitative estimate of drug-likeness (QED) is 0.792. The molecule has 3 nitrogen and oxygen atoms in total. The van der Waals surface area contributed by atoms with E-state index in [4.69, 9.17) is 0 Å². The lowest BCUT2D eigenvalue weighted by Gasteiger charge is -2.28. The molecule has 1 fully saturated rings. The van der Waals surface area contributed by atoms with Gasteiger partial charge in [-0.2, -0.15) is 0 Å². The van der Waals surface area contributed by atoms with Gasteiger partial charge in [0.15, 0.2) is 0 Å². The number of hydrogen-bond acceptors (Lipinski definition) is 2. The van der Waals surface area contributed by atoms with Gasteiger partial charge in [-0.15, -0.1) is 0 Å². The summed E-state index contributed by atoms with van der Waals surface area (Å²) in [6, 6.07) is 0. The summed E-state index contributed by atoms with van der Waals surface area (Å²) in [5.74, 6) is 0. The highest BCUT2D eigenvalue weighted by Gasteiger charge is 2.33. The molecule has 0 unspecified atom stereocenters. The van der Waals surface area contributed by atoms with Crippen molar-refractivity contribution in [1.29, 1.82) is 0 Å². The van der Waals surface area contributed by atoms with Crippen molar-refractivity contribution in [2.45, 2.75) is 58.1 Å². The summed E-state index contributed by atoms with van der Waals surface area (Å²) in [5, 5.41) is -0.326. The molecule has 0 radical (unpaired) electrons. The van der Waals surface area contributed by atoms with Crippen molar-refractivity contribution in [3.05, 3.63) is 0 Å². The van der Waals surface area contributed by atoms with Crippen LogP contribution in [0.3, 0.4) is 0 Å². The van der Waals surface area contributed by atoms with Crippen molar-refractivity contribution >= 4 is 10.0 Å². The largest absolute Gasteiger partial charge is 0.214 e. The Bertz CT molecular complexity index is 290. The van der Waals surface area contributed by atoms with Crippen LogP contribution < -0.4 is 4.72 Å². The lowest BCUT2D eigenvalue weighted by atomic mass is 9.84. The van der Waals surface area contributed by atoms with Crippen LogP contribution in [-0.2, 0) is 10.0 Å². The van der Waals surface area contributed by atoms with E-state index >= 15 is 0 Å². The molecular weight excluding hydrogens is 210 g/mol. The minimum atomic E-state index is -3.08. The van der Waals surface area contributed by atoms with Crippen LogP contribution in [0.15, 0.2) is 0 Å². The zero-order chi connectivity index (χ0) is 11.5. The van der Waals surface area contributed by atoms with Gasteiger partial charge in [-0.1, -0.05) is 19.8 Å². The molecular formula is C11H23NO2S. The van der Waals surface area contributed by atoms with Gasteiger partial charge in [-0.05, 0) is 38.5 Å². The van der Waals surface area contributed by atoms with Gasteiger partial charge in [0.1, 0.15) is 0 Å². The molecule has 0 aliphatic heterocycles. The van der Waals surface area contributed by atoms with Crippen molar-refractivity contribution in [3.63, 3.8) is 0 Å². The van der Waals surface area contributed by atoms with Crippen LogP contribution in [-0.4, -0.2) is 20.2 Å². The van der Waals surface area contributed by atoms with Crippen LogP contribution in [0.2, 0.25) is 0 Å². The van der Waals surface area contributed by atoms with Gasteiger partial charge in [-0.3, -0.25) is 0 Å². The fourth-order valence-electron chi connectivity index (χ4n) is 2.20. The fourth-order valence-corrected chi connectivity index (χ4v) is 3.04.